The van der Waals surface area contributed by atoms with Gasteiger partial charge in [-0.3, -0.25) is 4.79 Å². The topological polar surface area (TPSA) is 65.2 Å². The van der Waals surface area contributed by atoms with Gasteiger partial charge in [0.25, 0.3) is 6.43 Å². The van der Waals surface area contributed by atoms with Crippen molar-refractivity contribution in [3.05, 3.63) is 23.0 Å². The first-order valence-electron chi connectivity index (χ1n) is 4.68. The molecule has 1 heterocycles. The van der Waals surface area contributed by atoms with Crippen LogP contribution in [-0.2, 0) is 21.3 Å². The van der Waals surface area contributed by atoms with Crippen molar-refractivity contribution in [2.45, 2.75) is 18.2 Å². The molecule has 0 saturated carbocycles. The predicted octanol–water partition coefficient (Wildman–Crippen LogP) is 2.21. The molecule has 1 rings (SSSR count). The van der Waals surface area contributed by atoms with Gasteiger partial charge >= 0.3 is 5.97 Å². The molecular formula is C10H11BrF2N2O2. The number of esters is 1. The average Bonchev–Trinajstić information content (AvgIpc) is 2.31. The third-order valence-electron chi connectivity index (χ3n) is 2.13. The molecule has 2 N–H and O–H groups in total. The molecule has 0 aliphatic carbocycles. The molecule has 0 saturated heterocycles. The van der Waals surface area contributed by atoms with Gasteiger partial charge < -0.3 is 10.5 Å². The van der Waals surface area contributed by atoms with Gasteiger partial charge in [-0.25, -0.2) is 13.8 Å². The number of hydrogen-bond acceptors (Lipinski definition) is 4. The number of carbonyl (C=O) groups is 1. The smallest absolute Gasteiger partial charge is 0.310 e. The van der Waals surface area contributed by atoms with Crippen molar-refractivity contribution in [2.24, 2.45) is 0 Å². The number of nitrogen functional groups attached to an aromatic ring is 1. The van der Waals surface area contributed by atoms with Crippen molar-refractivity contribution in [3.63, 3.8) is 0 Å². The van der Waals surface area contributed by atoms with Crippen molar-refractivity contribution < 1.29 is 18.3 Å². The molecule has 0 spiro atoms. The minimum absolute atomic E-state index is 0.148. The van der Waals surface area contributed by atoms with Crippen molar-refractivity contribution in [1.82, 2.24) is 4.98 Å². The summed E-state index contributed by atoms with van der Waals surface area (Å²) in [7, 11) is 1.22. The van der Waals surface area contributed by atoms with Crippen molar-refractivity contribution in [1.29, 1.82) is 0 Å². The highest BCUT2D eigenvalue weighted by molar-refractivity contribution is 9.08. The van der Waals surface area contributed by atoms with Crippen LogP contribution in [0.4, 0.5) is 14.5 Å². The second-order valence-electron chi connectivity index (χ2n) is 3.26. The van der Waals surface area contributed by atoms with Gasteiger partial charge in [0.05, 0.1) is 24.9 Å². The Bertz CT molecular complexity index is 427. The van der Waals surface area contributed by atoms with Gasteiger partial charge in [0.2, 0.25) is 0 Å². The zero-order chi connectivity index (χ0) is 13.0. The van der Waals surface area contributed by atoms with Crippen LogP contribution in [0.2, 0.25) is 0 Å². The van der Waals surface area contributed by atoms with Crippen LogP contribution in [0.25, 0.3) is 0 Å². The van der Waals surface area contributed by atoms with Gasteiger partial charge in [-0.05, 0) is 11.6 Å². The van der Waals surface area contributed by atoms with E-state index in [2.05, 4.69) is 25.7 Å². The number of hydrogen-bond donors (Lipinski definition) is 1. The fraction of sp³-hybridized carbons (Fsp3) is 0.400. The number of rotatable bonds is 4. The van der Waals surface area contributed by atoms with E-state index in [1.165, 1.54) is 13.2 Å². The molecule has 0 aromatic carbocycles. The molecule has 0 amide bonds. The van der Waals surface area contributed by atoms with Gasteiger partial charge in [-0.15, -0.1) is 0 Å². The summed E-state index contributed by atoms with van der Waals surface area (Å²) >= 11 is 3.12. The average molecular weight is 309 g/mol. The number of aromatic nitrogens is 1. The molecule has 0 unspecified atom stereocenters. The number of alkyl halides is 3. The third kappa shape index (κ3) is 3.36. The molecule has 4 nitrogen and oxygen atoms in total. The van der Waals surface area contributed by atoms with Crippen LogP contribution in [0.15, 0.2) is 6.07 Å². The Labute approximate surface area is 105 Å². The molecule has 0 bridgehead atoms. The zero-order valence-electron chi connectivity index (χ0n) is 9.04. The largest absolute Gasteiger partial charge is 0.469 e. The highest BCUT2D eigenvalue weighted by Gasteiger charge is 2.19. The van der Waals surface area contributed by atoms with Crippen LogP contribution in [-0.4, -0.2) is 18.1 Å². The van der Waals surface area contributed by atoms with Gasteiger partial charge in [0, 0.05) is 5.33 Å². The monoisotopic (exact) mass is 308 g/mol. The molecule has 94 valence electrons. The standard InChI is InChI=1S/C10H11BrF2N2O2/c1-17-7(16)3-5-2-6(4-11)15-9(8(5)14)10(12)13/h2,10H,3-4,14H2,1H3. The predicted molar refractivity (Wildman–Crippen MR) is 62.0 cm³/mol. The highest BCUT2D eigenvalue weighted by Crippen LogP contribution is 2.27. The van der Waals surface area contributed by atoms with Crippen LogP contribution < -0.4 is 5.73 Å². The number of nitrogens with zero attached hydrogens (tertiary/aromatic N) is 1. The molecule has 17 heavy (non-hydrogen) atoms. The number of nitrogens with two attached hydrogens (primary N) is 1. The van der Waals surface area contributed by atoms with Crippen LogP contribution in [0, 0.1) is 0 Å². The van der Waals surface area contributed by atoms with E-state index in [1.54, 1.807) is 0 Å². The number of anilines is 1. The molecule has 0 atom stereocenters. The summed E-state index contributed by atoms with van der Waals surface area (Å²) in [6.45, 7) is 0. The second kappa shape index (κ2) is 5.90. The van der Waals surface area contributed by atoms with E-state index in [1.807, 2.05) is 0 Å². The summed E-state index contributed by atoms with van der Waals surface area (Å²) in [5.74, 6) is -0.538. The van der Waals surface area contributed by atoms with Gasteiger partial charge in [-0.1, -0.05) is 15.9 Å². The molecule has 7 heteroatoms. The Balaban J connectivity index is 3.19. The molecule has 1 aromatic heterocycles. The zero-order valence-corrected chi connectivity index (χ0v) is 10.6. The van der Waals surface area contributed by atoms with Crippen LogP contribution in [0.5, 0.6) is 0 Å². The van der Waals surface area contributed by atoms with E-state index in [4.69, 9.17) is 5.73 Å². The fourth-order valence-electron chi connectivity index (χ4n) is 1.30. The summed E-state index contributed by atoms with van der Waals surface area (Å²) in [4.78, 5) is 14.8. The summed E-state index contributed by atoms with van der Waals surface area (Å²) in [6, 6.07) is 1.51. The number of ether oxygens (including phenoxy) is 1. The van der Waals surface area contributed by atoms with E-state index in [0.29, 0.717) is 16.6 Å². The first kappa shape index (κ1) is 13.8. The Kier molecular flexibility index (Phi) is 4.80. The lowest BCUT2D eigenvalue weighted by molar-refractivity contribution is -0.139. The van der Waals surface area contributed by atoms with Gasteiger partial charge in [0.1, 0.15) is 5.69 Å². The molecule has 1 aromatic rings. The SMILES string of the molecule is COC(=O)Cc1cc(CBr)nc(C(F)F)c1N. The summed E-state index contributed by atoms with van der Waals surface area (Å²) in [5, 5.41) is 0.307. The fourth-order valence-corrected chi connectivity index (χ4v) is 1.59. The minimum atomic E-state index is -2.77. The quantitative estimate of drug-likeness (QED) is 0.684. The van der Waals surface area contributed by atoms with Crippen LogP contribution in [0.3, 0.4) is 0 Å². The minimum Gasteiger partial charge on any atom is -0.469 e. The Morgan fingerprint density at radius 3 is 2.76 bits per heavy atom. The molecule has 0 radical (unpaired) electrons. The molecular weight excluding hydrogens is 298 g/mol. The lowest BCUT2D eigenvalue weighted by Crippen LogP contribution is -2.11. The number of halogens is 3. The second-order valence-corrected chi connectivity index (χ2v) is 3.82. The summed E-state index contributed by atoms with van der Waals surface area (Å²) in [5.41, 5.74) is 5.59. The van der Waals surface area contributed by atoms with E-state index in [9.17, 15) is 13.6 Å². The summed E-state index contributed by atoms with van der Waals surface area (Å²) in [6.07, 6.45) is -2.92. The highest BCUT2D eigenvalue weighted by atomic mass is 79.9. The van der Waals surface area contributed by atoms with Crippen molar-refractivity contribution in [3.8, 4) is 0 Å². The Hall–Kier alpha value is -1.24. The van der Waals surface area contributed by atoms with Gasteiger partial charge in [0.15, 0.2) is 0 Å². The lowest BCUT2D eigenvalue weighted by atomic mass is 10.1. The van der Waals surface area contributed by atoms with E-state index in [-0.39, 0.29) is 12.1 Å². The molecule has 0 aliphatic heterocycles. The molecule has 0 aliphatic rings. The maximum Gasteiger partial charge on any atom is 0.310 e. The number of carbonyl (C=O) groups excluding carboxylic acids is 1. The third-order valence-corrected chi connectivity index (χ3v) is 2.71. The first-order chi connectivity index (χ1) is 7.99. The molecule has 0 fully saturated rings. The van der Waals surface area contributed by atoms with Crippen molar-refractivity contribution in [2.75, 3.05) is 12.8 Å². The number of methoxy groups -OCH3 is 1. The van der Waals surface area contributed by atoms with E-state index < -0.39 is 18.1 Å². The Morgan fingerprint density at radius 1 is 1.65 bits per heavy atom. The van der Waals surface area contributed by atoms with Gasteiger partial charge in [-0.2, -0.15) is 0 Å². The van der Waals surface area contributed by atoms with E-state index >= 15 is 0 Å². The lowest BCUT2D eigenvalue weighted by Gasteiger charge is -2.11. The number of pyridine rings is 1. The van der Waals surface area contributed by atoms with E-state index in [0.717, 1.165) is 0 Å². The maximum atomic E-state index is 12.7. The van der Waals surface area contributed by atoms with Crippen LogP contribution in [0.1, 0.15) is 23.4 Å². The summed E-state index contributed by atoms with van der Waals surface area (Å²) < 4.78 is 29.8. The first-order valence-corrected chi connectivity index (χ1v) is 5.80. The Morgan fingerprint density at radius 2 is 2.29 bits per heavy atom. The normalized spacial score (nSPS) is 10.6. The maximum absolute atomic E-state index is 12.7. The van der Waals surface area contributed by atoms with Crippen LogP contribution >= 0.6 is 15.9 Å². The van der Waals surface area contributed by atoms with Crippen molar-refractivity contribution >= 4 is 27.6 Å².